The van der Waals surface area contributed by atoms with Crippen molar-refractivity contribution in [2.75, 3.05) is 36.9 Å². The Morgan fingerprint density at radius 1 is 1.06 bits per heavy atom. The van der Waals surface area contributed by atoms with Crippen molar-refractivity contribution >= 4 is 21.5 Å². The van der Waals surface area contributed by atoms with Crippen molar-refractivity contribution < 1.29 is 26.3 Å². The number of nitrogens with two attached hydrogens (primary N) is 1. The molecule has 4 rings (SSSR count). The van der Waals surface area contributed by atoms with Gasteiger partial charge in [0.05, 0.1) is 23.9 Å². The van der Waals surface area contributed by atoms with E-state index in [0.717, 1.165) is 6.20 Å². The van der Waals surface area contributed by atoms with E-state index in [0.29, 0.717) is 37.6 Å². The first-order chi connectivity index (χ1) is 15.6. The molecular formula is C22H21F3N4O3S. The monoisotopic (exact) mass is 478 g/mol. The molecule has 2 aromatic carbocycles. The second-order valence-electron chi connectivity index (χ2n) is 7.55. The van der Waals surface area contributed by atoms with Crippen LogP contribution in [0.25, 0.3) is 11.1 Å². The molecule has 174 valence electrons. The third-order valence-corrected chi connectivity index (χ3v) is 6.88. The third-order valence-electron chi connectivity index (χ3n) is 5.21. The smallest absolute Gasteiger partial charge is 0.378 e. The Morgan fingerprint density at radius 2 is 1.76 bits per heavy atom. The molecule has 0 atom stereocenters. The van der Waals surface area contributed by atoms with Crippen LogP contribution in [0.2, 0.25) is 0 Å². The summed E-state index contributed by atoms with van der Waals surface area (Å²) in [7, 11) is -3.87. The van der Waals surface area contributed by atoms with Gasteiger partial charge < -0.3 is 15.4 Å². The maximum atomic E-state index is 13.7. The molecule has 0 spiro atoms. The average Bonchev–Trinajstić information content (AvgIpc) is 2.79. The van der Waals surface area contributed by atoms with Gasteiger partial charge in [-0.2, -0.15) is 13.2 Å². The molecule has 1 aromatic heterocycles. The van der Waals surface area contributed by atoms with Gasteiger partial charge in [0.2, 0.25) is 5.95 Å². The summed E-state index contributed by atoms with van der Waals surface area (Å²) in [5, 5.41) is 0. The molecule has 0 aliphatic carbocycles. The molecule has 0 bridgehead atoms. The van der Waals surface area contributed by atoms with Crippen molar-refractivity contribution in [1.29, 1.82) is 0 Å². The third kappa shape index (κ3) is 5.25. The number of nitrogens with zero attached hydrogens (tertiary/aromatic N) is 3. The van der Waals surface area contributed by atoms with Gasteiger partial charge in [-0.15, -0.1) is 0 Å². The summed E-state index contributed by atoms with van der Waals surface area (Å²) >= 11 is 0. The van der Waals surface area contributed by atoms with E-state index >= 15 is 0 Å². The van der Waals surface area contributed by atoms with E-state index in [1.807, 2.05) is 4.90 Å². The minimum absolute atomic E-state index is 0.0398. The van der Waals surface area contributed by atoms with Gasteiger partial charge in [-0.1, -0.05) is 30.3 Å². The first-order valence-electron chi connectivity index (χ1n) is 10.1. The summed E-state index contributed by atoms with van der Waals surface area (Å²) in [5.41, 5.74) is 4.92. The zero-order valence-corrected chi connectivity index (χ0v) is 18.2. The molecule has 1 fully saturated rings. The molecule has 3 aromatic rings. The normalized spacial score (nSPS) is 14.9. The number of ether oxygens (including phenoxy) is 1. The maximum absolute atomic E-state index is 13.7. The lowest BCUT2D eigenvalue weighted by Gasteiger charge is -2.29. The van der Waals surface area contributed by atoms with Crippen LogP contribution in [0.15, 0.2) is 59.6 Å². The first-order valence-corrected chi connectivity index (χ1v) is 11.7. The quantitative estimate of drug-likeness (QED) is 0.599. The van der Waals surface area contributed by atoms with Crippen molar-refractivity contribution in [3.8, 4) is 11.1 Å². The summed E-state index contributed by atoms with van der Waals surface area (Å²) < 4.78 is 72.9. The number of aromatic nitrogens is 2. The number of nitrogen functional groups attached to an aromatic ring is 1. The van der Waals surface area contributed by atoms with Gasteiger partial charge in [-0.05, 0) is 29.3 Å². The van der Waals surface area contributed by atoms with Gasteiger partial charge in [-0.3, -0.25) is 0 Å². The fourth-order valence-corrected chi connectivity index (χ4v) is 5.03. The Labute approximate surface area is 189 Å². The number of hydrogen-bond acceptors (Lipinski definition) is 7. The van der Waals surface area contributed by atoms with Crippen LogP contribution in [0.4, 0.5) is 24.8 Å². The van der Waals surface area contributed by atoms with Crippen LogP contribution >= 0.6 is 0 Å². The van der Waals surface area contributed by atoms with E-state index in [1.54, 1.807) is 30.3 Å². The fraction of sp³-hybridized carbons (Fsp3) is 0.273. The topological polar surface area (TPSA) is 98.4 Å². The van der Waals surface area contributed by atoms with Crippen molar-refractivity contribution in [3.63, 3.8) is 0 Å². The highest BCUT2D eigenvalue weighted by Crippen LogP contribution is 2.38. The number of anilines is 2. The first kappa shape index (κ1) is 23.0. The highest BCUT2D eigenvalue weighted by molar-refractivity contribution is 7.90. The average molecular weight is 478 g/mol. The van der Waals surface area contributed by atoms with E-state index in [1.165, 1.54) is 18.2 Å². The molecule has 0 radical (unpaired) electrons. The van der Waals surface area contributed by atoms with Crippen LogP contribution in [0, 0.1) is 0 Å². The summed E-state index contributed by atoms with van der Waals surface area (Å²) in [5.74, 6) is -0.808. The summed E-state index contributed by atoms with van der Waals surface area (Å²) in [6, 6.07) is 12.8. The lowest BCUT2D eigenvalue weighted by atomic mass is 10.0. The predicted octanol–water partition coefficient (Wildman–Crippen LogP) is 3.56. The molecule has 1 aliphatic rings. The molecule has 7 nitrogen and oxygen atoms in total. The van der Waals surface area contributed by atoms with Crippen molar-refractivity contribution in [1.82, 2.24) is 9.97 Å². The van der Waals surface area contributed by atoms with E-state index in [9.17, 15) is 21.6 Å². The van der Waals surface area contributed by atoms with E-state index in [2.05, 4.69) is 9.97 Å². The maximum Gasteiger partial charge on any atom is 0.434 e. The standard InChI is InChI=1S/C22H21F3N4O3S/c23-22(24,25)20-19(13-27-21(26)28-20)16-10-17(29-6-8-32-9-7-29)12-18(11-16)33(30,31)14-15-4-2-1-3-5-15/h1-5,10-13H,6-9,14H2,(H2,26,27,28). The number of morpholine rings is 1. The predicted molar refractivity (Wildman–Crippen MR) is 117 cm³/mol. The Balaban J connectivity index is 1.86. The second kappa shape index (κ2) is 8.99. The lowest BCUT2D eigenvalue weighted by Crippen LogP contribution is -2.36. The van der Waals surface area contributed by atoms with Crippen LogP contribution < -0.4 is 10.6 Å². The van der Waals surface area contributed by atoms with Crippen LogP contribution in [0.3, 0.4) is 0 Å². The van der Waals surface area contributed by atoms with Gasteiger partial charge in [0, 0.05) is 30.5 Å². The van der Waals surface area contributed by atoms with Gasteiger partial charge in [0.25, 0.3) is 0 Å². The Morgan fingerprint density at radius 3 is 2.42 bits per heavy atom. The van der Waals surface area contributed by atoms with E-state index < -0.39 is 27.7 Å². The Bertz CT molecular complexity index is 1250. The Kier molecular flexibility index (Phi) is 6.26. The van der Waals surface area contributed by atoms with Gasteiger partial charge in [0.15, 0.2) is 15.5 Å². The number of halogens is 3. The minimum atomic E-state index is -4.80. The van der Waals surface area contributed by atoms with Gasteiger partial charge in [-0.25, -0.2) is 18.4 Å². The van der Waals surface area contributed by atoms with Gasteiger partial charge in [0.1, 0.15) is 0 Å². The lowest BCUT2D eigenvalue weighted by molar-refractivity contribution is -0.140. The summed E-state index contributed by atoms with van der Waals surface area (Å²) in [6.07, 6.45) is -3.83. The van der Waals surface area contributed by atoms with Crippen molar-refractivity contribution in [2.45, 2.75) is 16.8 Å². The molecule has 0 unspecified atom stereocenters. The molecule has 0 saturated carbocycles. The minimum Gasteiger partial charge on any atom is -0.378 e. The van der Waals surface area contributed by atoms with Crippen molar-refractivity contribution in [2.24, 2.45) is 0 Å². The molecular weight excluding hydrogens is 457 g/mol. The van der Waals surface area contributed by atoms with Crippen molar-refractivity contribution in [3.05, 3.63) is 66.0 Å². The van der Waals surface area contributed by atoms with Crippen LogP contribution in [0.1, 0.15) is 11.3 Å². The molecule has 1 saturated heterocycles. The van der Waals surface area contributed by atoms with Crippen LogP contribution in [-0.2, 0) is 26.5 Å². The molecule has 0 amide bonds. The van der Waals surface area contributed by atoms with Crippen LogP contribution in [-0.4, -0.2) is 44.7 Å². The molecule has 11 heteroatoms. The summed E-state index contributed by atoms with van der Waals surface area (Å²) in [6.45, 7) is 1.81. The number of benzene rings is 2. The molecule has 2 heterocycles. The van der Waals surface area contributed by atoms with E-state index in [4.69, 9.17) is 10.5 Å². The second-order valence-corrected chi connectivity index (χ2v) is 9.54. The number of hydrogen-bond donors (Lipinski definition) is 1. The SMILES string of the molecule is Nc1ncc(-c2cc(N3CCOCC3)cc(S(=O)(=O)Cc3ccccc3)c2)c(C(F)(F)F)n1. The summed E-state index contributed by atoms with van der Waals surface area (Å²) in [4.78, 5) is 8.88. The fourth-order valence-electron chi connectivity index (χ4n) is 3.62. The number of sulfone groups is 1. The highest BCUT2D eigenvalue weighted by Gasteiger charge is 2.37. The molecule has 1 aliphatic heterocycles. The van der Waals surface area contributed by atoms with E-state index in [-0.39, 0.29) is 21.8 Å². The largest absolute Gasteiger partial charge is 0.434 e. The zero-order chi connectivity index (χ0) is 23.6. The Hall–Kier alpha value is -3.18. The molecule has 2 N–H and O–H groups in total. The molecule has 33 heavy (non-hydrogen) atoms. The zero-order valence-electron chi connectivity index (χ0n) is 17.4. The van der Waals surface area contributed by atoms with Gasteiger partial charge >= 0.3 is 6.18 Å². The highest BCUT2D eigenvalue weighted by atomic mass is 32.2. The van der Waals surface area contributed by atoms with Crippen LogP contribution in [0.5, 0.6) is 0 Å². The number of alkyl halides is 3. The number of rotatable bonds is 5.